The van der Waals surface area contributed by atoms with Gasteiger partial charge in [-0.2, -0.15) is 0 Å². The van der Waals surface area contributed by atoms with Gasteiger partial charge in [-0.3, -0.25) is 19.2 Å². The fourth-order valence-corrected chi connectivity index (χ4v) is 8.01. The molecule has 6 atom stereocenters. The van der Waals surface area contributed by atoms with E-state index in [0.717, 1.165) is 11.1 Å². The second-order valence-corrected chi connectivity index (χ2v) is 17.2. The lowest BCUT2D eigenvalue weighted by Gasteiger charge is -2.32. The van der Waals surface area contributed by atoms with E-state index in [-0.39, 0.29) is 71.4 Å². The van der Waals surface area contributed by atoms with Crippen molar-refractivity contribution in [3.8, 4) is 11.5 Å². The highest BCUT2D eigenvalue weighted by atomic mass is 19.1. The van der Waals surface area contributed by atoms with Gasteiger partial charge in [0.05, 0.1) is 35.4 Å². The molecule has 0 fully saturated rings. The van der Waals surface area contributed by atoms with Crippen molar-refractivity contribution in [3.05, 3.63) is 155 Å². The van der Waals surface area contributed by atoms with Gasteiger partial charge in [0.2, 0.25) is 11.8 Å². The zero-order valence-corrected chi connectivity index (χ0v) is 38.1. The number of hydrogen-bond acceptors (Lipinski definition) is 6. The van der Waals surface area contributed by atoms with Gasteiger partial charge in [0.1, 0.15) is 35.2 Å². The molecule has 2 aliphatic heterocycles. The Hall–Kier alpha value is -6.30. The Kier molecular flexibility index (Phi) is 17.4. The van der Waals surface area contributed by atoms with Crippen molar-refractivity contribution in [3.63, 3.8) is 0 Å². The average molecular weight is 877 g/mol. The predicted octanol–water partition coefficient (Wildman–Crippen LogP) is 9.79. The lowest BCUT2D eigenvalue weighted by molar-refractivity contribution is -0.128. The van der Waals surface area contributed by atoms with Crippen LogP contribution in [0.4, 0.5) is 8.78 Å². The van der Waals surface area contributed by atoms with Crippen LogP contribution in [0.15, 0.2) is 121 Å². The zero-order valence-electron chi connectivity index (χ0n) is 38.1. The third kappa shape index (κ3) is 12.9. The van der Waals surface area contributed by atoms with Crippen molar-refractivity contribution in [1.29, 1.82) is 0 Å². The Morgan fingerprint density at radius 3 is 1.19 bits per heavy atom. The lowest BCUT2D eigenvalue weighted by Crippen LogP contribution is -2.51. The number of para-hydroxylation sites is 2. The minimum absolute atomic E-state index is 0.117. The molecule has 12 heteroatoms. The van der Waals surface area contributed by atoms with Crippen molar-refractivity contribution in [2.75, 3.05) is 14.1 Å². The van der Waals surface area contributed by atoms with Crippen LogP contribution < -0.4 is 20.1 Å². The van der Waals surface area contributed by atoms with Gasteiger partial charge in [0, 0.05) is 26.9 Å². The third-order valence-electron chi connectivity index (χ3n) is 11.4. The molecule has 0 spiro atoms. The van der Waals surface area contributed by atoms with Crippen molar-refractivity contribution in [2.45, 2.75) is 104 Å². The number of fused-ring (bicyclic) bond motifs is 2. The molecule has 6 rings (SSSR count). The molecule has 0 bridgehead atoms. The normalized spacial score (nSPS) is 23.7. The summed E-state index contributed by atoms with van der Waals surface area (Å²) in [7, 11) is 3.29. The zero-order chi connectivity index (χ0) is 46.5. The van der Waals surface area contributed by atoms with E-state index < -0.39 is 12.1 Å². The van der Waals surface area contributed by atoms with Gasteiger partial charge in [-0.25, -0.2) is 8.78 Å². The van der Waals surface area contributed by atoms with Crippen LogP contribution in [-0.2, 0) is 9.59 Å². The molecule has 4 aromatic carbocycles. The minimum Gasteiger partial charge on any atom is -0.490 e. The average Bonchev–Trinajstić information content (AvgIpc) is 3.25. The molecule has 0 saturated heterocycles. The number of ether oxygens (including phenoxy) is 2. The Bertz CT molecular complexity index is 2100. The monoisotopic (exact) mass is 876 g/mol. The van der Waals surface area contributed by atoms with Crippen molar-refractivity contribution in [1.82, 2.24) is 20.4 Å². The maximum Gasteiger partial charge on any atom is 0.258 e. The number of benzene rings is 4. The second kappa shape index (κ2) is 22.9. The first-order chi connectivity index (χ1) is 30.5. The number of rotatable bonds is 4. The minimum atomic E-state index is -0.678. The molecule has 2 N–H and O–H groups in total. The molecule has 10 nitrogen and oxygen atoms in total. The van der Waals surface area contributed by atoms with Crippen molar-refractivity contribution >= 4 is 23.6 Å². The van der Waals surface area contributed by atoms with Gasteiger partial charge in [0.25, 0.3) is 11.8 Å². The molecule has 0 saturated carbocycles. The first kappa shape index (κ1) is 48.7. The summed E-state index contributed by atoms with van der Waals surface area (Å²) in [5.41, 5.74) is 2.47. The quantitative estimate of drug-likeness (QED) is 0.197. The molecular weight excluding hydrogens is 815 g/mol. The molecule has 4 amide bonds. The molecule has 0 unspecified atom stereocenters. The smallest absolute Gasteiger partial charge is 0.258 e. The highest BCUT2D eigenvalue weighted by Crippen LogP contribution is 2.28. The summed E-state index contributed by atoms with van der Waals surface area (Å²) in [4.78, 5) is 56.4. The summed E-state index contributed by atoms with van der Waals surface area (Å²) >= 11 is 0. The number of carbonyl (C=O) groups is 4. The standard InChI is InChI=1S/2C26H31FN2O3/c2*1-17(2)24-25(30)28-22(19-13-15-20(27)16-14-19)11-7-5-9-18(3)32-23-12-8-6-10-21(23)26(31)29(24)4/h2*5-8,10,12-18,22,24H,9,11H2,1-4H3,(H,28,30)/b7-5+;7-5-/t2*18-,22+,24+/m00/s1. The van der Waals surface area contributed by atoms with Crippen LogP contribution in [0, 0.1) is 23.5 Å². The largest absolute Gasteiger partial charge is 0.490 e. The highest BCUT2D eigenvalue weighted by molar-refractivity contribution is 6.00. The first-order valence-corrected chi connectivity index (χ1v) is 22.0. The predicted molar refractivity (Wildman–Crippen MR) is 246 cm³/mol. The van der Waals surface area contributed by atoms with Crippen LogP contribution in [-0.4, -0.2) is 71.8 Å². The number of carbonyl (C=O) groups excluding carboxylic acids is 4. The number of hydrogen-bond donors (Lipinski definition) is 2. The number of likely N-dealkylation sites (N-methyl/N-ethyl adjacent to an activating group) is 2. The summed E-state index contributed by atoms with van der Waals surface area (Å²) < 4.78 is 39.0. The molecular formula is C52H62F2N4O6. The van der Waals surface area contributed by atoms with E-state index in [1.54, 1.807) is 74.8 Å². The lowest BCUT2D eigenvalue weighted by atomic mass is 9.98. The van der Waals surface area contributed by atoms with Crippen molar-refractivity contribution < 1.29 is 37.4 Å². The van der Waals surface area contributed by atoms with E-state index in [2.05, 4.69) is 10.6 Å². The third-order valence-corrected chi connectivity index (χ3v) is 11.4. The molecule has 0 radical (unpaired) electrons. The van der Waals surface area contributed by atoms with E-state index in [0.29, 0.717) is 48.3 Å². The Balaban J connectivity index is 0.000000241. The Labute approximate surface area is 376 Å². The summed E-state index contributed by atoms with van der Waals surface area (Å²) in [5, 5.41) is 6.17. The van der Waals surface area contributed by atoms with E-state index in [4.69, 9.17) is 9.47 Å². The summed E-state index contributed by atoms with van der Waals surface area (Å²) in [6.45, 7) is 11.6. The van der Waals surface area contributed by atoms with Gasteiger partial charge in [-0.1, -0.05) is 101 Å². The first-order valence-electron chi connectivity index (χ1n) is 22.0. The van der Waals surface area contributed by atoms with E-state index in [1.165, 1.54) is 34.1 Å². The topological polar surface area (TPSA) is 117 Å². The molecule has 340 valence electrons. The molecule has 0 aliphatic carbocycles. The molecule has 64 heavy (non-hydrogen) atoms. The van der Waals surface area contributed by atoms with Crippen LogP contribution in [0.1, 0.15) is 111 Å². The van der Waals surface area contributed by atoms with E-state index in [9.17, 15) is 28.0 Å². The van der Waals surface area contributed by atoms with E-state index >= 15 is 0 Å². The second-order valence-electron chi connectivity index (χ2n) is 17.2. The Morgan fingerprint density at radius 2 is 0.844 bits per heavy atom. The summed E-state index contributed by atoms with van der Waals surface area (Å²) in [6.07, 6.45) is 10.2. The SMILES string of the molecule is CC(C)[C@@H]1C(=O)N[C@@H](c2ccc(F)cc2)C/C=C/C[C@H](C)Oc2ccccc2C(=O)N1C.CC(C)[C@@H]1C(=O)N[C@@H](c2ccc(F)cc2)C/C=C\C[C@H](C)Oc2ccccc2C(=O)N1C. The highest BCUT2D eigenvalue weighted by Gasteiger charge is 2.34. The Morgan fingerprint density at radius 1 is 0.516 bits per heavy atom. The van der Waals surface area contributed by atoms with Gasteiger partial charge >= 0.3 is 0 Å². The van der Waals surface area contributed by atoms with Gasteiger partial charge < -0.3 is 29.9 Å². The molecule has 2 heterocycles. The van der Waals surface area contributed by atoms with Gasteiger partial charge in [0.15, 0.2) is 0 Å². The maximum absolute atomic E-state index is 13.4. The number of nitrogens with one attached hydrogen (secondary N) is 2. The van der Waals surface area contributed by atoms with Crippen LogP contribution in [0.3, 0.4) is 0 Å². The van der Waals surface area contributed by atoms with Gasteiger partial charge in [-0.05, 0) is 98.2 Å². The molecule has 4 aromatic rings. The maximum atomic E-state index is 13.4. The van der Waals surface area contributed by atoms with Crippen LogP contribution >= 0.6 is 0 Å². The molecule has 2 aliphatic rings. The van der Waals surface area contributed by atoms with Crippen LogP contribution in [0.25, 0.3) is 0 Å². The van der Waals surface area contributed by atoms with Crippen LogP contribution in [0.5, 0.6) is 11.5 Å². The summed E-state index contributed by atoms with van der Waals surface area (Å²) in [5.74, 6) is -0.909. The van der Waals surface area contributed by atoms with Crippen molar-refractivity contribution in [2.24, 2.45) is 11.8 Å². The molecule has 0 aromatic heterocycles. The number of amides is 4. The number of halogens is 2. The van der Waals surface area contributed by atoms with E-state index in [1.807, 2.05) is 78.0 Å². The summed E-state index contributed by atoms with van der Waals surface area (Å²) in [6, 6.07) is 24.5. The fourth-order valence-electron chi connectivity index (χ4n) is 8.01. The fraction of sp³-hybridized carbons (Fsp3) is 0.385. The van der Waals surface area contributed by atoms with Crippen LogP contribution in [0.2, 0.25) is 0 Å². The number of nitrogens with zero attached hydrogens (tertiary/aromatic N) is 2. The van der Waals surface area contributed by atoms with Gasteiger partial charge in [-0.15, -0.1) is 0 Å².